The highest BCUT2D eigenvalue weighted by molar-refractivity contribution is 7.16. The SMILES string of the molecule is C[C@H](Oc1cc(N2CCC[C@@](C)(O)C2)nc(-c2noc3c2CCCC[C@@]32CCCc3sc(N)c(C#N)c32)n1)[C@@H]1CCCN1C. The number of hydrogen-bond donors (Lipinski definition) is 2. The Morgan fingerprint density at radius 2 is 2.00 bits per heavy atom. The lowest BCUT2D eigenvalue weighted by atomic mass is 9.66. The zero-order chi connectivity index (χ0) is 30.6. The number of nitriles is 1. The van der Waals surface area contributed by atoms with Gasteiger partial charge in [0.1, 0.15) is 23.0 Å². The lowest BCUT2D eigenvalue weighted by Gasteiger charge is -2.37. The molecule has 0 unspecified atom stereocenters. The van der Waals surface area contributed by atoms with Crippen molar-refractivity contribution in [2.45, 2.75) is 108 Å². The molecule has 0 aromatic carbocycles. The monoisotopic (exact) mass is 617 g/mol. The molecule has 7 rings (SSSR count). The summed E-state index contributed by atoms with van der Waals surface area (Å²) in [7, 11) is 2.15. The van der Waals surface area contributed by atoms with Crippen LogP contribution >= 0.6 is 11.3 Å². The molecule has 4 aliphatic rings. The summed E-state index contributed by atoms with van der Waals surface area (Å²) in [5.41, 5.74) is 8.51. The second-order valence-corrected chi connectivity index (χ2v) is 14.8. The minimum Gasteiger partial charge on any atom is -0.473 e. The number of aliphatic hydroxyl groups is 1. The number of aryl methyl sites for hydroxylation is 1. The lowest BCUT2D eigenvalue weighted by molar-refractivity contribution is 0.0446. The molecular formula is C33H43N7O3S. The number of nitrogens with two attached hydrogens (primary N) is 1. The van der Waals surface area contributed by atoms with Crippen LogP contribution in [0.4, 0.5) is 10.8 Å². The van der Waals surface area contributed by atoms with Crippen LogP contribution < -0.4 is 15.4 Å². The Bertz CT molecular complexity index is 1590. The molecule has 5 heterocycles. The Morgan fingerprint density at radius 3 is 2.77 bits per heavy atom. The van der Waals surface area contributed by atoms with E-state index in [-0.39, 0.29) is 6.10 Å². The van der Waals surface area contributed by atoms with Crippen molar-refractivity contribution in [2.24, 2.45) is 0 Å². The third-order valence-electron chi connectivity index (χ3n) is 10.4. The van der Waals surface area contributed by atoms with Crippen molar-refractivity contribution < 1.29 is 14.4 Å². The maximum Gasteiger partial charge on any atom is 0.219 e. The van der Waals surface area contributed by atoms with Crippen molar-refractivity contribution in [2.75, 3.05) is 37.3 Å². The molecule has 0 saturated carbocycles. The first-order valence-corrected chi connectivity index (χ1v) is 17.1. The zero-order valence-corrected chi connectivity index (χ0v) is 26.9. The summed E-state index contributed by atoms with van der Waals surface area (Å²) in [6.07, 6.45) is 10.4. The van der Waals surface area contributed by atoms with Gasteiger partial charge in [-0.05, 0) is 97.2 Å². The van der Waals surface area contributed by atoms with Crippen LogP contribution in [0.3, 0.4) is 0 Å². The molecule has 2 fully saturated rings. The summed E-state index contributed by atoms with van der Waals surface area (Å²) in [5, 5.41) is 26.3. The number of fused-ring (bicyclic) bond motifs is 4. The Morgan fingerprint density at radius 1 is 1.16 bits per heavy atom. The van der Waals surface area contributed by atoms with Crippen molar-refractivity contribution in [3.63, 3.8) is 0 Å². The van der Waals surface area contributed by atoms with Crippen molar-refractivity contribution >= 4 is 22.2 Å². The number of thiophene rings is 1. The fraction of sp³-hybridized carbons (Fsp3) is 0.636. The van der Waals surface area contributed by atoms with Crippen LogP contribution in [0.15, 0.2) is 10.6 Å². The van der Waals surface area contributed by atoms with Crippen LogP contribution in [0.5, 0.6) is 5.88 Å². The summed E-state index contributed by atoms with van der Waals surface area (Å²) < 4.78 is 12.9. The molecule has 2 aliphatic heterocycles. The van der Waals surface area contributed by atoms with E-state index in [0.717, 1.165) is 106 Å². The smallest absolute Gasteiger partial charge is 0.219 e. The van der Waals surface area contributed by atoms with Gasteiger partial charge in [-0.3, -0.25) is 4.90 Å². The van der Waals surface area contributed by atoms with E-state index in [2.05, 4.69) is 35.0 Å². The van der Waals surface area contributed by atoms with Gasteiger partial charge in [-0.15, -0.1) is 11.3 Å². The number of anilines is 2. The highest BCUT2D eigenvalue weighted by Gasteiger charge is 2.48. The third-order valence-corrected chi connectivity index (χ3v) is 11.5. The van der Waals surface area contributed by atoms with E-state index in [0.29, 0.717) is 40.5 Å². The predicted molar refractivity (Wildman–Crippen MR) is 170 cm³/mol. The van der Waals surface area contributed by atoms with Crippen LogP contribution in [0.1, 0.15) is 99.0 Å². The quantitative estimate of drug-likeness (QED) is 0.393. The lowest BCUT2D eigenvalue weighted by Crippen LogP contribution is -2.46. The molecule has 44 heavy (non-hydrogen) atoms. The van der Waals surface area contributed by atoms with Crippen LogP contribution in [0, 0.1) is 11.3 Å². The van der Waals surface area contributed by atoms with Gasteiger partial charge in [0.05, 0.1) is 16.6 Å². The van der Waals surface area contributed by atoms with Crippen molar-refractivity contribution in [3.05, 3.63) is 33.4 Å². The van der Waals surface area contributed by atoms with Gasteiger partial charge in [-0.2, -0.15) is 10.2 Å². The molecule has 234 valence electrons. The zero-order valence-electron chi connectivity index (χ0n) is 26.1. The molecule has 2 saturated heterocycles. The number of likely N-dealkylation sites (N-methyl/N-ethyl adjacent to an activating group) is 1. The molecule has 3 N–H and O–H groups in total. The summed E-state index contributed by atoms with van der Waals surface area (Å²) >= 11 is 1.55. The van der Waals surface area contributed by atoms with Crippen LogP contribution in [0.2, 0.25) is 0 Å². The summed E-state index contributed by atoms with van der Waals surface area (Å²) in [6, 6.07) is 4.66. The number of rotatable bonds is 5. The Balaban J connectivity index is 1.33. The van der Waals surface area contributed by atoms with Crippen molar-refractivity contribution in [1.82, 2.24) is 20.0 Å². The second kappa shape index (κ2) is 11.3. The number of likely N-dealkylation sites (tertiary alicyclic amines) is 1. The molecule has 2 aliphatic carbocycles. The molecule has 0 radical (unpaired) electrons. The first kappa shape index (κ1) is 29.5. The highest BCUT2D eigenvalue weighted by Crippen LogP contribution is 2.54. The van der Waals surface area contributed by atoms with Gasteiger partial charge in [0.25, 0.3) is 0 Å². The highest BCUT2D eigenvalue weighted by atomic mass is 32.1. The standard InChI is InChI=1S/C33H43N7O3S/c1-20(23-10-7-15-39(23)3)42-26-17-25(40-16-8-12-32(2,41)19-40)36-31(37-26)28-21-9-4-5-13-33(29(21)43-38-28)14-6-11-24-27(33)22(18-34)30(35)44-24/h17,20,23,41H,4-16,19,35H2,1-3H3/t20-,23-,32+,33-/m0/s1. The fourth-order valence-corrected chi connectivity index (χ4v) is 9.49. The average molecular weight is 618 g/mol. The van der Waals surface area contributed by atoms with Gasteiger partial charge in [0.15, 0.2) is 17.3 Å². The Hall–Kier alpha value is -3.20. The first-order chi connectivity index (χ1) is 21.2. The maximum atomic E-state index is 10.9. The predicted octanol–water partition coefficient (Wildman–Crippen LogP) is 5.21. The molecule has 10 nitrogen and oxygen atoms in total. The van der Waals surface area contributed by atoms with E-state index in [1.54, 1.807) is 11.3 Å². The number of nitrogens with zero attached hydrogens (tertiary/aromatic N) is 6. The Kier molecular flexibility index (Phi) is 7.58. The van der Waals surface area contributed by atoms with Gasteiger partial charge in [0, 0.05) is 35.6 Å². The molecule has 4 atom stereocenters. The van der Waals surface area contributed by atoms with E-state index in [1.165, 1.54) is 4.88 Å². The summed E-state index contributed by atoms with van der Waals surface area (Å²) in [5.74, 6) is 2.58. The second-order valence-electron chi connectivity index (χ2n) is 13.7. The summed E-state index contributed by atoms with van der Waals surface area (Å²) in [6.45, 7) is 6.36. The number of β-amino-alcohol motifs (C(OH)–C–C–N with tert-alkyl or cyclic N) is 1. The van der Waals surface area contributed by atoms with Crippen molar-refractivity contribution in [3.8, 4) is 23.5 Å². The molecular weight excluding hydrogens is 574 g/mol. The fourth-order valence-electron chi connectivity index (χ4n) is 8.33. The minimum absolute atomic E-state index is 0.0469. The van der Waals surface area contributed by atoms with E-state index < -0.39 is 11.0 Å². The average Bonchev–Trinajstić information content (AvgIpc) is 3.68. The molecule has 3 aromatic heterocycles. The van der Waals surface area contributed by atoms with Gasteiger partial charge >= 0.3 is 0 Å². The number of piperidine rings is 1. The normalized spacial score (nSPS) is 27.9. The molecule has 3 aromatic rings. The number of aromatic nitrogens is 3. The maximum absolute atomic E-state index is 10.9. The van der Waals surface area contributed by atoms with Crippen molar-refractivity contribution in [1.29, 1.82) is 5.26 Å². The van der Waals surface area contributed by atoms with E-state index in [4.69, 9.17) is 25.0 Å². The summed E-state index contributed by atoms with van der Waals surface area (Å²) in [4.78, 5) is 15.7. The van der Waals surface area contributed by atoms with E-state index in [9.17, 15) is 10.4 Å². The van der Waals surface area contributed by atoms with E-state index >= 15 is 0 Å². The molecule has 1 spiro atoms. The molecule has 0 bridgehead atoms. The van der Waals surface area contributed by atoms with Gasteiger partial charge in [-0.1, -0.05) is 11.6 Å². The van der Waals surface area contributed by atoms with Gasteiger partial charge in [0.2, 0.25) is 5.88 Å². The third kappa shape index (κ3) is 5.05. The first-order valence-electron chi connectivity index (χ1n) is 16.2. The number of nitrogen functional groups attached to an aromatic ring is 1. The van der Waals surface area contributed by atoms with E-state index in [1.807, 2.05) is 13.0 Å². The number of ether oxygens (including phenoxy) is 1. The van der Waals surface area contributed by atoms with Crippen LogP contribution in [0.25, 0.3) is 11.5 Å². The minimum atomic E-state index is -0.791. The van der Waals surface area contributed by atoms with Crippen LogP contribution in [-0.4, -0.2) is 69.6 Å². The van der Waals surface area contributed by atoms with Gasteiger partial charge < -0.3 is 25.0 Å². The largest absolute Gasteiger partial charge is 0.473 e. The molecule has 11 heteroatoms. The number of hydrogen-bond acceptors (Lipinski definition) is 11. The van der Waals surface area contributed by atoms with Crippen LogP contribution in [-0.2, 0) is 18.3 Å². The topological polar surface area (TPSA) is 138 Å². The van der Waals surface area contributed by atoms with Gasteiger partial charge in [-0.25, -0.2) is 4.98 Å². The Labute approximate surface area is 263 Å². The molecule has 0 amide bonds.